The summed E-state index contributed by atoms with van der Waals surface area (Å²) in [6, 6.07) is 15.7. The lowest BCUT2D eigenvalue weighted by molar-refractivity contribution is 0.0969. The van der Waals surface area contributed by atoms with Crippen molar-refractivity contribution in [3.05, 3.63) is 99.7 Å². The average Bonchev–Trinajstić information content (AvgIpc) is 3.02. The highest BCUT2D eigenvalue weighted by atomic mass is 16.3. The molecule has 1 unspecified atom stereocenters. The summed E-state index contributed by atoms with van der Waals surface area (Å²) >= 11 is 0. The van der Waals surface area contributed by atoms with Gasteiger partial charge in [-0.05, 0) is 30.7 Å². The van der Waals surface area contributed by atoms with Crippen molar-refractivity contribution in [3.8, 4) is 0 Å². The summed E-state index contributed by atoms with van der Waals surface area (Å²) < 4.78 is 5.88. The first-order valence-electron chi connectivity index (χ1n) is 8.88. The molecular formula is C22H15N3O3. The molecule has 5 rings (SSSR count). The molecule has 0 saturated carbocycles. The summed E-state index contributed by atoms with van der Waals surface area (Å²) in [5, 5.41) is 0.446. The number of aromatic nitrogens is 2. The number of anilines is 1. The van der Waals surface area contributed by atoms with Gasteiger partial charge in [0.05, 0.1) is 17.0 Å². The number of amides is 1. The van der Waals surface area contributed by atoms with E-state index in [1.54, 1.807) is 42.7 Å². The highest BCUT2D eigenvalue weighted by Crippen LogP contribution is 2.39. The standard InChI is InChI=1S/C22H15N3O3/c1-13-7-9-14(10-8-13)18-17-19(26)15-5-2-3-6-16(15)28-20(17)21(27)25(18)22-23-11-4-12-24-22/h2-12,18H,1H3. The first-order valence-corrected chi connectivity index (χ1v) is 8.88. The summed E-state index contributed by atoms with van der Waals surface area (Å²) in [5.74, 6) is -0.149. The van der Waals surface area contributed by atoms with Gasteiger partial charge in [0.2, 0.25) is 11.7 Å². The van der Waals surface area contributed by atoms with Crippen molar-refractivity contribution in [2.45, 2.75) is 13.0 Å². The van der Waals surface area contributed by atoms with Gasteiger partial charge < -0.3 is 4.42 Å². The van der Waals surface area contributed by atoms with Gasteiger partial charge in [0.25, 0.3) is 5.91 Å². The summed E-state index contributed by atoms with van der Waals surface area (Å²) in [6.45, 7) is 1.98. The number of rotatable bonds is 2. The van der Waals surface area contributed by atoms with Gasteiger partial charge in [-0.15, -0.1) is 0 Å². The molecule has 2 aromatic heterocycles. The molecule has 6 heteroatoms. The van der Waals surface area contributed by atoms with Gasteiger partial charge in [-0.1, -0.05) is 42.0 Å². The molecule has 0 bridgehead atoms. The maximum absolute atomic E-state index is 13.3. The van der Waals surface area contributed by atoms with Crippen molar-refractivity contribution >= 4 is 22.8 Å². The first kappa shape index (κ1) is 16.4. The molecule has 0 saturated heterocycles. The Balaban J connectivity index is 1.83. The van der Waals surface area contributed by atoms with Crippen molar-refractivity contribution in [1.82, 2.24) is 9.97 Å². The molecule has 0 aliphatic carbocycles. The quantitative estimate of drug-likeness (QED) is 0.539. The molecule has 1 aliphatic rings. The lowest BCUT2D eigenvalue weighted by Crippen LogP contribution is -2.31. The third kappa shape index (κ3) is 2.35. The summed E-state index contributed by atoms with van der Waals surface area (Å²) in [7, 11) is 0. The minimum atomic E-state index is -0.647. The minimum Gasteiger partial charge on any atom is -0.450 e. The van der Waals surface area contributed by atoms with Crippen LogP contribution in [0, 0.1) is 6.92 Å². The fourth-order valence-corrected chi connectivity index (χ4v) is 3.61. The van der Waals surface area contributed by atoms with Crippen molar-refractivity contribution in [2.75, 3.05) is 4.90 Å². The largest absolute Gasteiger partial charge is 0.450 e. The molecule has 0 fully saturated rings. The fourth-order valence-electron chi connectivity index (χ4n) is 3.61. The molecule has 0 spiro atoms. The van der Waals surface area contributed by atoms with E-state index in [1.165, 1.54) is 4.90 Å². The molecular weight excluding hydrogens is 354 g/mol. The Morgan fingerprint density at radius 3 is 2.39 bits per heavy atom. The van der Waals surface area contributed by atoms with Gasteiger partial charge in [0.15, 0.2) is 5.43 Å². The van der Waals surface area contributed by atoms with Crippen LogP contribution in [0.1, 0.15) is 33.3 Å². The van der Waals surface area contributed by atoms with Crippen LogP contribution in [0.2, 0.25) is 0 Å². The van der Waals surface area contributed by atoms with Crippen LogP contribution in [-0.2, 0) is 0 Å². The third-order valence-electron chi connectivity index (χ3n) is 4.94. The highest BCUT2D eigenvalue weighted by Gasteiger charge is 2.44. The summed E-state index contributed by atoms with van der Waals surface area (Å²) in [6.07, 6.45) is 3.13. The molecule has 28 heavy (non-hydrogen) atoms. The number of carbonyl (C=O) groups is 1. The van der Waals surface area contributed by atoms with Crippen LogP contribution in [-0.4, -0.2) is 15.9 Å². The van der Waals surface area contributed by atoms with E-state index in [0.717, 1.165) is 11.1 Å². The van der Waals surface area contributed by atoms with E-state index >= 15 is 0 Å². The lowest BCUT2D eigenvalue weighted by Gasteiger charge is -2.23. The average molecular weight is 369 g/mol. The van der Waals surface area contributed by atoms with Crippen LogP contribution in [0.15, 0.2) is 76.2 Å². The maximum atomic E-state index is 13.3. The zero-order valence-corrected chi connectivity index (χ0v) is 15.0. The van der Waals surface area contributed by atoms with E-state index in [2.05, 4.69) is 9.97 Å². The number of carbonyl (C=O) groups excluding carboxylic acids is 1. The van der Waals surface area contributed by atoms with E-state index in [-0.39, 0.29) is 17.1 Å². The zero-order valence-electron chi connectivity index (χ0n) is 15.0. The van der Waals surface area contributed by atoms with Crippen LogP contribution >= 0.6 is 0 Å². The second-order valence-corrected chi connectivity index (χ2v) is 6.71. The Bertz CT molecular complexity index is 1260. The van der Waals surface area contributed by atoms with Crippen molar-refractivity contribution in [1.29, 1.82) is 0 Å². The molecule has 1 atom stereocenters. The Labute approximate surface area is 160 Å². The van der Waals surface area contributed by atoms with Gasteiger partial charge in [-0.25, -0.2) is 9.97 Å². The van der Waals surface area contributed by atoms with Gasteiger partial charge in [-0.2, -0.15) is 0 Å². The number of hydrogen-bond acceptors (Lipinski definition) is 5. The van der Waals surface area contributed by atoms with E-state index in [0.29, 0.717) is 16.5 Å². The Morgan fingerprint density at radius 2 is 1.64 bits per heavy atom. The number of hydrogen-bond donors (Lipinski definition) is 0. The Hall–Kier alpha value is -3.80. The normalized spacial score (nSPS) is 15.8. The van der Waals surface area contributed by atoms with Crippen LogP contribution < -0.4 is 10.3 Å². The molecule has 1 aliphatic heterocycles. The van der Waals surface area contributed by atoms with E-state index in [4.69, 9.17) is 4.42 Å². The molecule has 0 N–H and O–H groups in total. The third-order valence-corrected chi connectivity index (χ3v) is 4.94. The monoisotopic (exact) mass is 369 g/mol. The number of nitrogens with zero attached hydrogens (tertiary/aromatic N) is 3. The molecule has 3 heterocycles. The van der Waals surface area contributed by atoms with Gasteiger partial charge in [-0.3, -0.25) is 14.5 Å². The van der Waals surface area contributed by atoms with Crippen LogP contribution in [0.25, 0.3) is 11.0 Å². The number of para-hydroxylation sites is 1. The van der Waals surface area contributed by atoms with Gasteiger partial charge >= 0.3 is 0 Å². The van der Waals surface area contributed by atoms with Crippen molar-refractivity contribution < 1.29 is 9.21 Å². The topological polar surface area (TPSA) is 76.3 Å². The molecule has 136 valence electrons. The first-order chi connectivity index (χ1) is 13.6. The molecule has 2 aromatic carbocycles. The van der Waals surface area contributed by atoms with Gasteiger partial charge in [0, 0.05) is 12.4 Å². The summed E-state index contributed by atoms with van der Waals surface area (Å²) in [4.78, 5) is 36.5. The fraction of sp³-hybridized carbons (Fsp3) is 0.0909. The predicted molar refractivity (Wildman–Crippen MR) is 104 cm³/mol. The number of aryl methyl sites for hydroxylation is 1. The second-order valence-electron chi connectivity index (χ2n) is 6.71. The molecule has 4 aromatic rings. The van der Waals surface area contributed by atoms with Gasteiger partial charge in [0.1, 0.15) is 5.58 Å². The molecule has 6 nitrogen and oxygen atoms in total. The molecule has 1 amide bonds. The Morgan fingerprint density at radius 1 is 0.929 bits per heavy atom. The predicted octanol–water partition coefficient (Wildman–Crippen LogP) is 3.64. The van der Waals surface area contributed by atoms with E-state index in [9.17, 15) is 9.59 Å². The maximum Gasteiger partial charge on any atom is 0.297 e. The Kier molecular flexibility index (Phi) is 3.58. The summed E-state index contributed by atoms with van der Waals surface area (Å²) in [5.41, 5.74) is 2.38. The minimum absolute atomic E-state index is 0.0433. The van der Waals surface area contributed by atoms with Crippen LogP contribution in [0.3, 0.4) is 0 Å². The van der Waals surface area contributed by atoms with Crippen LogP contribution in [0.5, 0.6) is 0 Å². The number of benzene rings is 2. The zero-order chi connectivity index (χ0) is 19.3. The van der Waals surface area contributed by atoms with E-state index in [1.807, 2.05) is 31.2 Å². The number of fused-ring (bicyclic) bond motifs is 2. The lowest BCUT2D eigenvalue weighted by atomic mass is 9.98. The second kappa shape index (κ2) is 6.13. The van der Waals surface area contributed by atoms with E-state index < -0.39 is 11.9 Å². The smallest absolute Gasteiger partial charge is 0.297 e. The van der Waals surface area contributed by atoms with Crippen molar-refractivity contribution in [2.24, 2.45) is 0 Å². The van der Waals surface area contributed by atoms with Crippen molar-refractivity contribution in [3.63, 3.8) is 0 Å². The molecule has 0 radical (unpaired) electrons. The van der Waals surface area contributed by atoms with Crippen LogP contribution in [0.4, 0.5) is 5.95 Å². The highest BCUT2D eigenvalue weighted by molar-refractivity contribution is 6.09. The SMILES string of the molecule is Cc1ccc(C2c3c(oc4ccccc4c3=O)C(=O)N2c2ncccn2)cc1.